The number of halogens is 1. The van der Waals surface area contributed by atoms with Crippen molar-refractivity contribution < 1.29 is 0 Å². The van der Waals surface area contributed by atoms with Gasteiger partial charge in [0.15, 0.2) is 0 Å². The van der Waals surface area contributed by atoms with Gasteiger partial charge in [0.2, 0.25) is 0 Å². The zero-order chi connectivity index (χ0) is 14.6. The van der Waals surface area contributed by atoms with Gasteiger partial charge in [-0.3, -0.25) is 4.99 Å². The standard InChI is InChI=1S/C14H18N4.CH3I/c15-14(9-12-5-2-1-3-6-12)17-8-4-7-13-10-16-11-18-13;1-2/h1-3,5-6,10-11H,4,7-9H2,(H2,15,17)(H,16,18);1H3. The van der Waals surface area contributed by atoms with Crippen LogP contribution < -0.4 is 5.73 Å². The molecule has 1 aromatic heterocycles. The number of hydrogen-bond donors (Lipinski definition) is 2. The zero-order valence-corrected chi connectivity index (χ0v) is 13.9. The summed E-state index contributed by atoms with van der Waals surface area (Å²) in [7, 11) is 0. The van der Waals surface area contributed by atoms with Crippen LogP contribution in [-0.2, 0) is 12.8 Å². The summed E-state index contributed by atoms with van der Waals surface area (Å²) < 4.78 is 0. The Morgan fingerprint density at radius 1 is 1.30 bits per heavy atom. The highest BCUT2D eigenvalue weighted by Crippen LogP contribution is 2.00. The number of alkyl halides is 1. The highest BCUT2D eigenvalue weighted by atomic mass is 127. The Labute approximate surface area is 134 Å². The topological polar surface area (TPSA) is 67.1 Å². The molecule has 3 N–H and O–H groups in total. The average Bonchev–Trinajstić information content (AvgIpc) is 3.00. The SMILES string of the molecule is CI.NC(Cc1ccccc1)=NCCCc1cnc[nH]1. The summed E-state index contributed by atoms with van der Waals surface area (Å²) in [5.41, 5.74) is 8.24. The van der Waals surface area contributed by atoms with Crippen molar-refractivity contribution in [3.05, 3.63) is 54.1 Å². The van der Waals surface area contributed by atoms with Crippen molar-refractivity contribution in [2.45, 2.75) is 19.3 Å². The minimum Gasteiger partial charge on any atom is -0.387 e. The summed E-state index contributed by atoms with van der Waals surface area (Å²) in [6, 6.07) is 10.2. The van der Waals surface area contributed by atoms with Gasteiger partial charge in [0.25, 0.3) is 0 Å². The van der Waals surface area contributed by atoms with Crippen LogP contribution in [0.15, 0.2) is 47.8 Å². The number of aromatic nitrogens is 2. The fourth-order valence-electron chi connectivity index (χ4n) is 1.77. The number of nitrogens with one attached hydrogen (secondary N) is 1. The van der Waals surface area contributed by atoms with Crippen LogP contribution in [0.2, 0.25) is 0 Å². The number of aryl methyl sites for hydroxylation is 1. The first-order valence-electron chi connectivity index (χ1n) is 6.52. The van der Waals surface area contributed by atoms with Crippen LogP contribution in [0.25, 0.3) is 0 Å². The van der Waals surface area contributed by atoms with Gasteiger partial charge in [0.05, 0.1) is 12.2 Å². The summed E-state index contributed by atoms with van der Waals surface area (Å²) >= 11 is 2.15. The molecule has 108 valence electrons. The van der Waals surface area contributed by atoms with E-state index in [2.05, 4.69) is 49.7 Å². The maximum Gasteiger partial charge on any atom is 0.0981 e. The zero-order valence-electron chi connectivity index (χ0n) is 11.7. The fraction of sp³-hybridized carbons (Fsp3) is 0.333. The molecule has 0 saturated carbocycles. The van der Waals surface area contributed by atoms with Gasteiger partial charge in [-0.1, -0.05) is 52.9 Å². The van der Waals surface area contributed by atoms with Crippen LogP contribution in [0.4, 0.5) is 0 Å². The molecule has 5 heteroatoms. The first kappa shape index (κ1) is 16.7. The Morgan fingerprint density at radius 2 is 2.05 bits per heavy atom. The number of nitrogens with zero attached hydrogens (tertiary/aromatic N) is 2. The molecule has 0 fully saturated rings. The normalized spacial score (nSPS) is 10.8. The highest BCUT2D eigenvalue weighted by Gasteiger charge is 1.96. The lowest BCUT2D eigenvalue weighted by Gasteiger charge is -2.01. The summed E-state index contributed by atoms with van der Waals surface area (Å²) in [6.45, 7) is 0.762. The van der Waals surface area contributed by atoms with Crippen LogP contribution in [0.5, 0.6) is 0 Å². The van der Waals surface area contributed by atoms with Crippen molar-refractivity contribution in [3.8, 4) is 0 Å². The van der Waals surface area contributed by atoms with Gasteiger partial charge in [0.1, 0.15) is 0 Å². The van der Waals surface area contributed by atoms with E-state index in [0.29, 0.717) is 5.84 Å². The quantitative estimate of drug-likeness (QED) is 0.264. The summed E-state index contributed by atoms with van der Waals surface area (Å²) in [4.78, 5) is 13.4. The second kappa shape index (κ2) is 10.4. The van der Waals surface area contributed by atoms with E-state index in [9.17, 15) is 0 Å². The second-order valence-electron chi connectivity index (χ2n) is 4.22. The van der Waals surface area contributed by atoms with Crippen molar-refractivity contribution in [2.24, 2.45) is 10.7 Å². The van der Waals surface area contributed by atoms with Crippen molar-refractivity contribution in [1.29, 1.82) is 0 Å². The number of rotatable bonds is 6. The molecule has 0 aliphatic rings. The van der Waals surface area contributed by atoms with Crippen molar-refractivity contribution in [1.82, 2.24) is 9.97 Å². The third-order valence-corrected chi connectivity index (χ3v) is 2.70. The maximum absolute atomic E-state index is 5.90. The molecular weight excluding hydrogens is 363 g/mol. The molecule has 2 aromatic rings. The number of nitrogens with two attached hydrogens (primary N) is 1. The Morgan fingerprint density at radius 3 is 2.70 bits per heavy atom. The van der Waals surface area contributed by atoms with Crippen LogP contribution in [0, 0.1) is 0 Å². The van der Waals surface area contributed by atoms with Crippen molar-refractivity contribution >= 4 is 28.4 Å². The Bertz CT molecular complexity index is 480. The lowest BCUT2D eigenvalue weighted by molar-refractivity contribution is 0.813. The molecule has 0 bridgehead atoms. The van der Waals surface area contributed by atoms with E-state index in [0.717, 1.165) is 31.5 Å². The molecule has 0 aliphatic carbocycles. The Hall–Kier alpha value is -1.37. The molecule has 1 aromatic carbocycles. The molecule has 20 heavy (non-hydrogen) atoms. The minimum atomic E-state index is 0.700. The summed E-state index contributed by atoms with van der Waals surface area (Å²) in [5, 5.41) is 0. The molecule has 4 nitrogen and oxygen atoms in total. The molecule has 0 unspecified atom stereocenters. The van der Waals surface area contributed by atoms with Gasteiger partial charge in [0, 0.05) is 24.9 Å². The number of amidine groups is 1. The third-order valence-electron chi connectivity index (χ3n) is 2.70. The molecular formula is C15H21IN4. The molecule has 0 amide bonds. The second-order valence-corrected chi connectivity index (χ2v) is 4.22. The van der Waals surface area contributed by atoms with E-state index in [1.54, 1.807) is 6.33 Å². The number of H-pyrrole nitrogens is 1. The van der Waals surface area contributed by atoms with Crippen LogP contribution in [0.1, 0.15) is 17.7 Å². The third kappa shape index (κ3) is 6.70. The van der Waals surface area contributed by atoms with E-state index in [1.165, 1.54) is 5.56 Å². The molecule has 0 spiro atoms. The maximum atomic E-state index is 5.90. The van der Waals surface area contributed by atoms with Crippen molar-refractivity contribution in [2.75, 3.05) is 11.5 Å². The number of aromatic amines is 1. The number of benzene rings is 1. The van der Waals surface area contributed by atoms with E-state index in [4.69, 9.17) is 5.73 Å². The number of aliphatic imine (C=N–C) groups is 1. The lowest BCUT2D eigenvalue weighted by Crippen LogP contribution is -2.15. The number of hydrogen-bond acceptors (Lipinski definition) is 2. The molecule has 1 heterocycles. The minimum absolute atomic E-state index is 0.700. The summed E-state index contributed by atoms with van der Waals surface area (Å²) in [5.74, 6) is 0.700. The first-order chi connectivity index (χ1) is 9.84. The van der Waals surface area contributed by atoms with E-state index >= 15 is 0 Å². The molecule has 0 radical (unpaired) electrons. The van der Waals surface area contributed by atoms with Gasteiger partial charge in [-0.15, -0.1) is 0 Å². The smallest absolute Gasteiger partial charge is 0.0981 e. The molecule has 0 atom stereocenters. The van der Waals surface area contributed by atoms with Gasteiger partial charge < -0.3 is 10.7 Å². The van der Waals surface area contributed by atoms with Crippen LogP contribution in [0.3, 0.4) is 0 Å². The predicted molar refractivity (Wildman–Crippen MR) is 93.5 cm³/mol. The van der Waals surface area contributed by atoms with E-state index < -0.39 is 0 Å². The van der Waals surface area contributed by atoms with Gasteiger partial charge in [-0.25, -0.2) is 4.98 Å². The number of imidazole rings is 1. The first-order valence-corrected chi connectivity index (χ1v) is 8.68. The van der Waals surface area contributed by atoms with Crippen LogP contribution in [-0.4, -0.2) is 27.3 Å². The van der Waals surface area contributed by atoms with E-state index in [-0.39, 0.29) is 0 Å². The molecule has 0 saturated heterocycles. The Balaban J connectivity index is 0.000000956. The summed E-state index contributed by atoms with van der Waals surface area (Å²) in [6.07, 6.45) is 6.21. The average molecular weight is 384 g/mol. The lowest BCUT2D eigenvalue weighted by atomic mass is 10.1. The molecule has 2 rings (SSSR count). The largest absolute Gasteiger partial charge is 0.387 e. The van der Waals surface area contributed by atoms with Gasteiger partial charge in [-0.2, -0.15) is 0 Å². The fourth-order valence-corrected chi connectivity index (χ4v) is 1.77. The highest BCUT2D eigenvalue weighted by molar-refractivity contribution is 14.1. The van der Waals surface area contributed by atoms with Gasteiger partial charge in [-0.05, 0) is 23.3 Å². The van der Waals surface area contributed by atoms with E-state index in [1.807, 2.05) is 29.3 Å². The predicted octanol–water partition coefficient (Wildman–Crippen LogP) is 2.99. The monoisotopic (exact) mass is 384 g/mol. The Kier molecular flexibility index (Phi) is 8.69. The van der Waals surface area contributed by atoms with Gasteiger partial charge >= 0.3 is 0 Å². The van der Waals surface area contributed by atoms with Crippen LogP contribution >= 0.6 is 22.6 Å². The molecule has 0 aliphatic heterocycles. The van der Waals surface area contributed by atoms with Crippen molar-refractivity contribution in [3.63, 3.8) is 0 Å².